The van der Waals surface area contributed by atoms with Crippen molar-refractivity contribution < 1.29 is 34.4 Å². The number of carbonyl (C=O) groups is 2. The normalized spacial score (nSPS) is 33.7. The summed E-state index contributed by atoms with van der Waals surface area (Å²) in [6, 6.07) is 4.13. The van der Waals surface area contributed by atoms with Crippen LogP contribution >= 0.6 is 0 Å². The number of ether oxygens (including phenoxy) is 2. The van der Waals surface area contributed by atoms with E-state index >= 15 is 0 Å². The summed E-state index contributed by atoms with van der Waals surface area (Å²) in [6.07, 6.45) is -0.0824. The number of aromatic hydroxyl groups is 1. The van der Waals surface area contributed by atoms with E-state index in [0.29, 0.717) is 6.42 Å². The van der Waals surface area contributed by atoms with Crippen LogP contribution in [0.1, 0.15) is 50.9 Å². The van der Waals surface area contributed by atoms with Gasteiger partial charge in [-0.3, -0.25) is 4.79 Å². The number of rotatable bonds is 4. The van der Waals surface area contributed by atoms with Crippen LogP contribution in [0, 0.1) is 17.3 Å². The molecule has 0 aromatic heterocycles. The van der Waals surface area contributed by atoms with Gasteiger partial charge in [-0.1, -0.05) is 25.5 Å². The highest BCUT2D eigenvalue weighted by atomic mass is 16.5. The maximum atomic E-state index is 13.0. The molecule has 0 amide bonds. The van der Waals surface area contributed by atoms with Gasteiger partial charge in [-0.15, -0.1) is 0 Å². The van der Waals surface area contributed by atoms with Crippen molar-refractivity contribution in [2.45, 2.75) is 58.3 Å². The molecule has 1 fully saturated rings. The third kappa shape index (κ3) is 3.40. The number of benzene rings is 1. The SMILES string of the molecule is COc1cc(C(=O)OC2CC(C)=CC(O)C3(C)C(=O)CC(O)(C(C)C)C23)ccc1O. The molecule has 2 aliphatic carbocycles. The van der Waals surface area contributed by atoms with Crippen molar-refractivity contribution in [1.29, 1.82) is 0 Å². The Morgan fingerprint density at radius 3 is 2.57 bits per heavy atom. The molecule has 0 radical (unpaired) electrons. The van der Waals surface area contributed by atoms with Crippen molar-refractivity contribution in [1.82, 2.24) is 0 Å². The van der Waals surface area contributed by atoms with Crippen molar-refractivity contribution in [2.24, 2.45) is 17.3 Å². The molecule has 30 heavy (non-hydrogen) atoms. The van der Waals surface area contributed by atoms with Crippen molar-refractivity contribution >= 4 is 11.8 Å². The van der Waals surface area contributed by atoms with Gasteiger partial charge in [0.1, 0.15) is 11.9 Å². The maximum absolute atomic E-state index is 13.0. The molecule has 164 valence electrons. The molecule has 1 aromatic carbocycles. The lowest BCUT2D eigenvalue weighted by Gasteiger charge is -2.43. The number of phenolic OH excluding ortho intramolecular Hbond substituents is 1. The standard InChI is InChI=1S/C23H30O7/c1-12(2)23(28)11-19(26)22(4)18(25)9-13(3)8-17(20(22)23)30-21(27)14-6-7-15(24)16(10-14)29-5/h6-7,9-10,12,17-18,20,24-25,28H,8,11H2,1-5H3. The minimum atomic E-state index is -1.41. The smallest absolute Gasteiger partial charge is 0.338 e. The lowest BCUT2D eigenvalue weighted by Crippen LogP contribution is -2.53. The first-order valence-corrected chi connectivity index (χ1v) is 10.1. The van der Waals surface area contributed by atoms with Gasteiger partial charge in [0.25, 0.3) is 0 Å². The largest absolute Gasteiger partial charge is 0.504 e. The number of Topliss-reactive ketones (excluding diaryl/α,β-unsaturated/α-hetero) is 1. The highest BCUT2D eigenvalue weighted by Crippen LogP contribution is 2.56. The van der Waals surface area contributed by atoms with Gasteiger partial charge in [0.15, 0.2) is 11.5 Å². The zero-order chi connectivity index (χ0) is 22.4. The Hall–Kier alpha value is -2.38. The molecule has 5 unspecified atom stereocenters. The summed E-state index contributed by atoms with van der Waals surface area (Å²) in [6.45, 7) is 7.09. The zero-order valence-corrected chi connectivity index (χ0v) is 18.0. The number of fused-ring (bicyclic) bond motifs is 1. The summed E-state index contributed by atoms with van der Waals surface area (Å²) in [7, 11) is 1.38. The summed E-state index contributed by atoms with van der Waals surface area (Å²) in [5.74, 6) is -1.92. The van der Waals surface area contributed by atoms with Crippen LogP contribution in [0.2, 0.25) is 0 Å². The summed E-state index contributed by atoms with van der Waals surface area (Å²) in [5, 5.41) is 32.1. The number of carbonyl (C=O) groups excluding carboxylic acids is 2. The Kier molecular flexibility index (Phi) is 5.73. The molecule has 1 aromatic rings. The first-order chi connectivity index (χ1) is 13.9. The van der Waals surface area contributed by atoms with E-state index in [0.717, 1.165) is 5.57 Å². The van der Waals surface area contributed by atoms with E-state index < -0.39 is 35.1 Å². The van der Waals surface area contributed by atoms with Crippen LogP contribution in [0.25, 0.3) is 0 Å². The molecule has 0 spiro atoms. The van der Waals surface area contributed by atoms with Crippen LogP contribution in [0.4, 0.5) is 0 Å². The maximum Gasteiger partial charge on any atom is 0.338 e. The highest BCUT2D eigenvalue weighted by Gasteiger charge is 2.66. The lowest BCUT2D eigenvalue weighted by molar-refractivity contribution is -0.141. The Balaban J connectivity index is 2.02. The molecule has 3 rings (SSSR count). The Bertz CT molecular complexity index is 890. The van der Waals surface area contributed by atoms with Gasteiger partial charge < -0.3 is 24.8 Å². The Morgan fingerprint density at radius 2 is 1.97 bits per heavy atom. The monoisotopic (exact) mass is 418 g/mol. The van der Waals surface area contributed by atoms with Crippen molar-refractivity contribution in [3.63, 3.8) is 0 Å². The van der Waals surface area contributed by atoms with Gasteiger partial charge in [-0.25, -0.2) is 4.79 Å². The fraction of sp³-hybridized carbons (Fsp3) is 0.565. The molecule has 0 aliphatic heterocycles. The van der Waals surface area contributed by atoms with Gasteiger partial charge >= 0.3 is 5.97 Å². The second kappa shape index (κ2) is 7.71. The highest BCUT2D eigenvalue weighted by molar-refractivity contribution is 5.92. The average molecular weight is 418 g/mol. The van der Waals surface area contributed by atoms with Crippen LogP contribution in [0.5, 0.6) is 11.5 Å². The summed E-state index contributed by atoms with van der Waals surface area (Å²) in [4.78, 5) is 25.9. The van der Waals surface area contributed by atoms with Crippen LogP contribution < -0.4 is 4.74 Å². The molecule has 3 N–H and O–H groups in total. The van der Waals surface area contributed by atoms with E-state index in [9.17, 15) is 24.9 Å². The molecule has 5 atom stereocenters. The van der Waals surface area contributed by atoms with E-state index in [2.05, 4.69) is 0 Å². The second-order valence-electron chi connectivity index (χ2n) is 9.00. The van der Waals surface area contributed by atoms with Gasteiger partial charge in [-0.05, 0) is 38.0 Å². The molecule has 7 nitrogen and oxygen atoms in total. The van der Waals surface area contributed by atoms with Gasteiger partial charge in [-0.2, -0.15) is 0 Å². The summed E-state index contributed by atoms with van der Waals surface area (Å²) >= 11 is 0. The van der Waals surface area contributed by atoms with Gasteiger partial charge in [0.05, 0.1) is 29.8 Å². The number of phenols is 1. The molecular formula is C23H30O7. The molecule has 0 saturated heterocycles. The minimum absolute atomic E-state index is 0.100. The number of ketones is 1. The average Bonchev–Trinajstić information content (AvgIpc) is 2.82. The van der Waals surface area contributed by atoms with Crippen LogP contribution in [-0.2, 0) is 9.53 Å². The zero-order valence-electron chi connectivity index (χ0n) is 18.0. The van der Waals surface area contributed by atoms with Gasteiger partial charge in [0.2, 0.25) is 0 Å². The Labute approximate surface area is 176 Å². The second-order valence-corrected chi connectivity index (χ2v) is 9.00. The van der Waals surface area contributed by atoms with Gasteiger partial charge in [0, 0.05) is 18.8 Å². The number of hydrogen-bond donors (Lipinski definition) is 3. The van der Waals surface area contributed by atoms with Crippen LogP contribution in [0.15, 0.2) is 29.8 Å². The van der Waals surface area contributed by atoms with Crippen LogP contribution in [-0.4, -0.2) is 52.0 Å². The summed E-state index contributed by atoms with van der Waals surface area (Å²) < 4.78 is 10.9. The van der Waals surface area contributed by atoms with E-state index in [-0.39, 0.29) is 35.2 Å². The first kappa shape index (κ1) is 22.3. The molecule has 2 aliphatic rings. The van der Waals surface area contributed by atoms with E-state index in [1.165, 1.54) is 25.3 Å². The summed E-state index contributed by atoms with van der Waals surface area (Å²) in [5.41, 5.74) is -1.73. The molecule has 0 heterocycles. The topological polar surface area (TPSA) is 113 Å². The molecule has 1 saturated carbocycles. The predicted molar refractivity (Wildman–Crippen MR) is 109 cm³/mol. The van der Waals surface area contributed by atoms with Crippen molar-refractivity contribution in [2.75, 3.05) is 7.11 Å². The number of esters is 1. The van der Waals surface area contributed by atoms with Crippen molar-refractivity contribution in [3.8, 4) is 11.5 Å². The van der Waals surface area contributed by atoms with Crippen LogP contribution in [0.3, 0.4) is 0 Å². The van der Waals surface area contributed by atoms with E-state index in [1.807, 2.05) is 13.8 Å². The van der Waals surface area contributed by atoms with E-state index in [4.69, 9.17) is 9.47 Å². The number of hydrogen-bond acceptors (Lipinski definition) is 7. The predicted octanol–water partition coefficient (Wildman–Crippen LogP) is 2.62. The lowest BCUT2D eigenvalue weighted by atomic mass is 9.66. The molecule has 0 bridgehead atoms. The fourth-order valence-electron chi connectivity index (χ4n) is 4.94. The quantitative estimate of drug-likeness (QED) is 0.509. The van der Waals surface area contributed by atoms with E-state index in [1.54, 1.807) is 19.9 Å². The third-order valence-electron chi connectivity index (χ3n) is 6.85. The third-order valence-corrected chi connectivity index (χ3v) is 6.85. The van der Waals surface area contributed by atoms with Crippen molar-refractivity contribution in [3.05, 3.63) is 35.4 Å². The molecular weight excluding hydrogens is 388 g/mol. The number of methoxy groups -OCH3 is 1. The number of aliphatic hydroxyl groups is 2. The minimum Gasteiger partial charge on any atom is -0.504 e. The Morgan fingerprint density at radius 1 is 1.30 bits per heavy atom. The molecule has 7 heteroatoms. The first-order valence-electron chi connectivity index (χ1n) is 10.1. The number of aliphatic hydroxyl groups excluding tert-OH is 1. The fourth-order valence-corrected chi connectivity index (χ4v) is 4.94.